The number of aliphatic carboxylic acids is 1. The number of alkyl halides is 4. The summed E-state index contributed by atoms with van der Waals surface area (Å²) in [5.41, 5.74) is 4.30. The first kappa shape index (κ1) is 50.0. The molecule has 3 atom stereocenters. The molecule has 56 heavy (non-hydrogen) atoms. The summed E-state index contributed by atoms with van der Waals surface area (Å²) in [6.45, 7) is 11.0. The molecule has 3 rings (SSSR count). The average Bonchev–Trinajstić information content (AvgIpc) is 3.09. The Kier molecular flexibility index (Phi) is 19.7. The molecule has 4 N–H and O–H groups in total. The third kappa shape index (κ3) is 14.8. The molecule has 0 saturated carbocycles. The summed E-state index contributed by atoms with van der Waals surface area (Å²) in [6.07, 6.45) is -4.43. The van der Waals surface area contributed by atoms with Gasteiger partial charge in [0, 0.05) is 33.1 Å². The van der Waals surface area contributed by atoms with Gasteiger partial charge in [0.15, 0.2) is 7.37 Å². The predicted octanol–water partition coefficient (Wildman–Crippen LogP) is 5.63. The lowest BCUT2D eigenvalue weighted by atomic mass is 10.0. The zero-order valence-corrected chi connectivity index (χ0v) is 34.6. The molecular weight excluding hydrogens is 807 g/mol. The first-order valence-corrected chi connectivity index (χ1v) is 20.2. The van der Waals surface area contributed by atoms with Crippen molar-refractivity contribution < 1.29 is 51.6 Å². The number of benzene rings is 2. The quantitative estimate of drug-likeness (QED) is 0.109. The molecule has 1 amide bonds. The van der Waals surface area contributed by atoms with Crippen molar-refractivity contribution in [2.45, 2.75) is 71.8 Å². The van der Waals surface area contributed by atoms with Gasteiger partial charge in [-0.1, -0.05) is 36.7 Å². The van der Waals surface area contributed by atoms with Crippen LogP contribution in [-0.2, 0) is 43.3 Å². The second kappa shape index (κ2) is 22.1. The van der Waals surface area contributed by atoms with E-state index in [1.54, 1.807) is 25.9 Å². The summed E-state index contributed by atoms with van der Waals surface area (Å²) < 4.78 is 60.4. The van der Waals surface area contributed by atoms with Crippen LogP contribution in [0.15, 0.2) is 52.1 Å². The molecule has 312 valence electrons. The first-order valence-electron chi connectivity index (χ1n) is 17.0. The molecule has 2 aromatic carbocycles. The molecule has 3 unspecified atom stereocenters. The molecule has 0 aliphatic rings. The van der Waals surface area contributed by atoms with E-state index < -0.39 is 54.6 Å². The fraction of sp³-hybridized carbons (Fsp3) is 0.472. The second-order valence-corrected chi connectivity index (χ2v) is 16.0. The normalized spacial score (nSPS) is 13.3. The zero-order valence-electron chi connectivity index (χ0n) is 32.2. The number of para-hydroxylation sites is 1. The lowest BCUT2D eigenvalue weighted by Crippen LogP contribution is -2.43. The summed E-state index contributed by atoms with van der Waals surface area (Å²) in [5.74, 6) is -2.04. The van der Waals surface area contributed by atoms with Crippen LogP contribution in [0.5, 0.6) is 0 Å². The third-order valence-corrected chi connectivity index (χ3v) is 9.37. The van der Waals surface area contributed by atoms with Gasteiger partial charge in [-0.2, -0.15) is 13.2 Å². The molecule has 0 saturated heterocycles. The highest BCUT2D eigenvalue weighted by Crippen LogP contribution is 2.35. The van der Waals surface area contributed by atoms with Crippen LogP contribution in [0.2, 0.25) is 5.02 Å². The van der Waals surface area contributed by atoms with E-state index in [0.717, 1.165) is 36.3 Å². The smallest absolute Gasteiger partial charge is 0.431 e. The van der Waals surface area contributed by atoms with Crippen LogP contribution in [0.25, 0.3) is 5.69 Å². The monoisotopic (exact) mass is 854 g/mol. The van der Waals surface area contributed by atoms with Crippen molar-refractivity contribution >= 4 is 54.1 Å². The number of aryl methyl sites for hydroxylation is 2. The number of carbonyl (C=O) groups is 3. The lowest BCUT2D eigenvalue weighted by molar-refractivity contribution is -0.144. The molecule has 0 fully saturated rings. The lowest BCUT2D eigenvalue weighted by Gasteiger charge is -2.31. The van der Waals surface area contributed by atoms with E-state index in [2.05, 4.69) is 13.0 Å². The maximum atomic E-state index is 12.9. The molecule has 0 spiro atoms. The number of carboxylic acids is 1. The minimum atomic E-state index is -4.86. The number of hydrogen-bond acceptors (Lipinski definition) is 9. The number of ether oxygens (including phenoxy) is 2. The largest absolute Gasteiger partial charge is 0.480 e. The van der Waals surface area contributed by atoms with Gasteiger partial charge >= 0.3 is 23.8 Å². The highest BCUT2D eigenvalue weighted by atomic mass is 35.5. The van der Waals surface area contributed by atoms with Gasteiger partial charge in [-0.15, -0.1) is 11.6 Å². The van der Waals surface area contributed by atoms with Crippen molar-refractivity contribution in [3.63, 3.8) is 0 Å². The summed E-state index contributed by atoms with van der Waals surface area (Å²) in [6, 6.07) is 8.92. The second-order valence-electron chi connectivity index (χ2n) is 12.8. The Balaban J connectivity index is 0.000000458. The number of rotatable bonds is 13. The Hall–Kier alpha value is -3.99. The van der Waals surface area contributed by atoms with Gasteiger partial charge in [0.05, 0.1) is 40.7 Å². The Labute approximate surface area is 332 Å². The Morgan fingerprint density at radius 1 is 1.09 bits per heavy atom. The van der Waals surface area contributed by atoms with Crippen molar-refractivity contribution in [1.82, 2.24) is 9.13 Å². The van der Waals surface area contributed by atoms with Crippen LogP contribution >= 0.6 is 30.6 Å². The van der Waals surface area contributed by atoms with Crippen LogP contribution in [-0.4, -0.2) is 87.6 Å². The van der Waals surface area contributed by atoms with E-state index in [-0.39, 0.29) is 46.7 Å². The van der Waals surface area contributed by atoms with Gasteiger partial charge in [-0.25, -0.2) is 14.2 Å². The molecule has 0 bridgehead atoms. The first-order chi connectivity index (χ1) is 25.8. The molecule has 20 heteroatoms. The Bertz CT molecular complexity index is 2000. The fourth-order valence-electron chi connectivity index (χ4n) is 5.04. The van der Waals surface area contributed by atoms with Crippen LogP contribution in [0.1, 0.15) is 61.3 Å². The molecule has 0 radical (unpaired) electrons. The number of nitrogens with two attached hydrogens (primary N) is 1. The molecule has 1 heterocycles. The maximum absolute atomic E-state index is 12.9. The minimum absolute atomic E-state index is 0.0104. The number of halogens is 5. The topological polar surface area (TPSA) is 200 Å². The number of amides is 1. The summed E-state index contributed by atoms with van der Waals surface area (Å²) >= 11 is 11.7. The SMILES string of the molecule is CC(C)OC(=O)c1cc(-n2c(=O)cc(C(F)(F)F)n(C)c2=O)ccc1Cl.CCc1cccc(C)c1N(C(=O)CCl)C(C)COC.CP(=O)(O)CCC(N)C(=O)O. The number of aromatic nitrogens is 2. The number of carboxylic acid groups (broad SMARTS) is 1. The van der Waals surface area contributed by atoms with Gasteiger partial charge in [-0.05, 0) is 69.9 Å². The summed E-state index contributed by atoms with van der Waals surface area (Å²) in [7, 11) is -0.571. The van der Waals surface area contributed by atoms with Crippen molar-refractivity contribution in [3.8, 4) is 5.69 Å². The highest BCUT2D eigenvalue weighted by molar-refractivity contribution is 7.57. The van der Waals surface area contributed by atoms with E-state index >= 15 is 0 Å². The van der Waals surface area contributed by atoms with Crippen molar-refractivity contribution in [1.29, 1.82) is 0 Å². The fourth-order valence-corrected chi connectivity index (χ4v) is 6.13. The maximum Gasteiger partial charge on any atom is 0.431 e. The van der Waals surface area contributed by atoms with E-state index in [0.29, 0.717) is 21.8 Å². The van der Waals surface area contributed by atoms with Crippen LogP contribution in [0.4, 0.5) is 18.9 Å². The molecule has 3 aromatic rings. The van der Waals surface area contributed by atoms with E-state index in [9.17, 15) is 41.7 Å². The van der Waals surface area contributed by atoms with E-state index in [1.807, 2.05) is 26.0 Å². The number of esters is 1. The van der Waals surface area contributed by atoms with E-state index in [4.69, 9.17) is 48.4 Å². The highest BCUT2D eigenvalue weighted by Gasteiger charge is 2.35. The summed E-state index contributed by atoms with van der Waals surface area (Å²) in [4.78, 5) is 69.3. The van der Waals surface area contributed by atoms with E-state index in [1.165, 1.54) is 18.8 Å². The Morgan fingerprint density at radius 3 is 2.18 bits per heavy atom. The number of methoxy groups -OCH3 is 1. The van der Waals surface area contributed by atoms with Crippen LogP contribution in [0.3, 0.4) is 0 Å². The molecule has 14 nitrogen and oxygen atoms in total. The zero-order chi connectivity index (χ0) is 43.3. The van der Waals surface area contributed by atoms with Crippen LogP contribution < -0.4 is 21.9 Å². The van der Waals surface area contributed by atoms with Crippen molar-refractivity contribution in [2.24, 2.45) is 12.8 Å². The minimum Gasteiger partial charge on any atom is -0.480 e. The third-order valence-electron chi connectivity index (χ3n) is 7.73. The van der Waals surface area contributed by atoms with Crippen molar-refractivity contribution in [2.75, 3.05) is 37.3 Å². The van der Waals surface area contributed by atoms with Gasteiger partial charge in [0.2, 0.25) is 5.91 Å². The average molecular weight is 856 g/mol. The predicted molar refractivity (Wildman–Crippen MR) is 209 cm³/mol. The number of nitrogens with zero attached hydrogens (tertiary/aromatic N) is 3. The van der Waals surface area contributed by atoms with Gasteiger partial charge in [0.25, 0.3) is 5.56 Å². The van der Waals surface area contributed by atoms with Gasteiger partial charge < -0.3 is 30.1 Å². The number of anilines is 1. The number of hydrogen-bond donors (Lipinski definition) is 3. The molecule has 0 aliphatic carbocycles. The standard InChI is InChI=1S/C16H14ClF3N2O4.C15H22ClNO2.C5H12NO4P/c1-8(2)26-14(24)10-6-9(4-5-11(10)17)22-13(23)7-12(16(18,19)20)21(3)15(22)25;1-5-13-8-6-7-11(2)15(13)17(14(18)9-16)12(3)10-19-4;1-11(9,10)3-2-4(6)5(7)8/h4-8H,1-3H3;6-8,12H,5,9-10H2,1-4H3;4H,2-3,6H2,1H3,(H,7,8)(H,9,10). The molecular formula is C36H48Cl2F3N4O10P. The number of carbonyl (C=O) groups excluding carboxylic acids is 2. The summed E-state index contributed by atoms with van der Waals surface area (Å²) in [5, 5.41) is 8.29. The molecule has 0 aliphatic heterocycles. The Morgan fingerprint density at radius 2 is 1.70 bits per heavy atom. The van der Waals surface area contributed by atoms with Crippen molar-refractivity contribution in [3.05, 3.63) is 90.7 Å². The van der Waals surface area contributed by atoms with Gasteiger partial charge in [0.1, 0.15) is 17.6 Å². The van der Waals surface area contributed by atoms with Gasteiger partial charge in [-0.3, -0.25) is 23.5 Å². The van der Waals surface area contributed by atoms with Crippen LogP contribution in [0, 0.1) is 6.92 Å². The molecule has 1 aromatic heterocycles.